The summed E-state index contributed by atoms with van der Waals surface area (Å²) < 4.78 is 60.0. The maximum atomic E-state index is 12.6. The highest BCUT2D eigenvalue weighted by Crippen LogP contribution is 2.21. The van der Waals surface area contributed by atoms with E-state index in [-0.39, 0.29) is 9.79 Å². The minimum Gasteiger partial charge on any atom is -0.394 e. The largest absolute Gasteiger partial charge is 0.394 e. The van der Waals surface area contributed by atoms with Crippen molar-refractivity contribution in [3.8, 4) is 0 Å². The second-order valence-electron chi connectivity index (χ2n) is 7.18. The van der Waals surface area contributed by atoms with Gasteiger partial charge in [-0.1, -0.05) is 35.4 Å². The first-order chi connectivity index (χ1) is 14.9. The average Bonchev–Trinajstić information content (AvgIpc) is 2.75. The van der Waals surface area contributed by atoms with Crippen LogP contribution in [0.25, 0.3) is 0 Å². The smallest absolute Gasteiger partial charge is 0.297 e. The fourth-order valence-electron chi connectivity index (χ4n) is 2.59. The van der Waals surface area contributed by atoms with Gasteiger partial charge in [-0.3, -0.25) is 8.37 Å². The van der Waals surface area contributed by atoms with E-state index in [0.29, 0.717) is 0 Å². The van der Waals surface area contributed by atoms with Gasteiger partial charge < -0.3 is 20.4 Å². The molecular formula is C20H26O10S2. The number of benzene rings is 2. The molecule has 0 fully saturated rings. The van der Waals surface area contributed by atoms with Gasteiger partial charge in [0.1, 0.15) is 24.4 Å². The Morgan fingerprint density at radius 3 is 1.62 bits per heavy atom. The topological polar surface area (TPSA) is 168 Å². The van der Waals surface area contributed by atoms with Gasteiger partial charge in [-0.05, 0) is 38.1 Å². The molecule has 2 aromatic carbocycles. The summed E-state index contributed by atoms with van der Waals surface area (Å²) in [5, 5.41) is 38.9. The molecule has 12 heteroatoms. The molecule has 2 rings (SSSR count). The molecule has 10 nitrogen and oxygen atoms in total. The summed E-state index contributed by atoms with van der Waals surface area (Å²) in [5.41, 5.74) is 1.57. The highest BCUT2D eigenvalue weighted by Gasteiger charge is 2.36. The van der Waals surface area contributed by atoms with Gasteiger partial charge in [0.2, 0.25) is 0 Å². The first-order valence-corrected chi connectivity index (χ1v) is 12.3. The number of rotatable bonds is 11. The lowest BCUT2D eigenvalue weighted by Crippen LogP contribution is -2.49. The second kappa shape index (κ2) is 10.8. The highest BCUT2D eigenvalue weighted by molar-refractivity contribution is 7.87. The number of aryl methyl sites for hydroxylation is 2. The molecule has 0 saturated carbocycles. The molecule has 0 aromatic heterocycles. The van der Waals surface area contributed by atoms with Crippen molar-refractivity contribution in [3.63, 3.8) is 0 Å². The maximum Gasteiger partial charge on any atom is 0.297 e. The van der Waals surface area contributed by atoms with Gasteiger partial charge in [0.15, 0.2) is 0 Å². The van der Waals surface area contributed by atoms with E-state index >= 15 is 0 Å². The summed E-state index contributed by atoms with van der Waals surface area (Å²) in [6.45, 7) is 1.54. The lowest BCUT2D eigenvalue weighted by atomic mass is 10.0. The Hall–Kier alpha value is -1.90. The molecule has 4 N–H and O–H groups in total. The van der Waals surface area contributed by atoms with Gasteiger partial charge in [0, 0.05) is 0 Å². The molecule has 32 heavy (non-hydrogen) atoms. The van der Waals surface area contributed by atoms with Crippen molar-refractivity contribution in [1.82, 2.24) is 0 Å². The summed E-state index contributed by atoms with van der Waals surface area (Å²) in [6.07, 6.45) is -7.95. The van der Waals surface area contributed by atoms with Crippen LogP contribution in [-0.4, -0.2) is 74.9 Å². The Morgan fingerprint density at radius 1 is 0.750 bits per heavy atom. The zero-order valence-electron chi connectivity index (χ0n) is 17.4. The molecule has 178 valence electrons. The van der Waals surface area contributed by atoms with Crippen molar-refractivity contribution < 1.29 is 45.6 Å². The Bertz CT molecular complexity index is 1080. The van der Waals surface area contributed by atoms with Crippen molar-refractivity contribution >= 4 is 20.2 Å². The van der Waals surface area contributed by atoms with E-state index in [0.717, 1.165) is 11.1 Å². The van der Waals surface area contributed by atoms with Gasteiger partial charge in [-0.15, -0.1) is 0 Å². The first-order valence-electron chi connectivity index (χ1n) is 9.48. The molecule has 0 aliphatic rings. The summed E-state index contributed by atoms with van der Waals surface area (Å²) in [5.74, 6) is 0. The lowest BCUT2D eigenvalue weighted by Gasteiger charge is -2.28. The summed E-state index contributed by atoms with van der Waals surface area (Å²) in [4.78, 5) is -0.493. The SMILES string of the molecule is Cc1ccc(S(=O)(=O)OC[C@@H](OS(=O)(=O)c2ccc(C)cc2)[C@H](O)[C@H](O)[C@H](O)CO)cc1. The van der Waals surface area contributed by atoms with E-state index in [4.69, 9.17) is 13.5 Å². The van der Waals surface area contributed by atoms with E-state index in [9.17, 15) is 32.2 Å². The fraction of sp³-hybridized carbons (Fsp3) is 0.400. The number of aliphatic hydroxyl groups is 4. The molecule has 0 aliphatic heterocycles. The molecule has 0 radical (unpaired) electrons. The number of hydrogen-bond donors (Lipinski definition) is 4. The molecule has 0 spiro atoms. The average molecular weight is 491 g/mol. The van der Waals surface area contributed by atoms with Crippen LogP contribution in [0.3, 0.4) is 0 Å². The van der Waals surface area contributed by atoms with Gasteiger partial charge in [-0.25, -0.2) is 0 Å². The van der Waals surface area contributed by atoms with Crippen LogP contribution in [0.1, 0.15) is 11.1 Å². The molecule has 2 aromatic rings. The third kappa shape index (κ3) is 6.80. The van der Waals surface area contributed by atoms with Gasteiger partial charge in [0.25, 0.3) is 20.2 Å². The van der Waals surface area contributed by atoms with E-state index in [2.05, 4.69) is 0 Å². The zero-order chi connectivity index (χ0) is 24.1. The van der Waals surface area contributed by atoms with Crippen LogP contribution < -0.4 is 0 Å². The molecule has 0 unspecified atom stereocenters. The molecule has 0 heterocycles. The minimum absolute atomic E-state index is 0.214. The molecular weight excluding hydrogens is 464 g/mol. The van der Waals surface area contributed by atoms with Crippen LogP contribution in [0.4, 0.5) is 0 Å². The fourth-order valence-corrected chi connectivity index (χ4v) is 4.59. The lowest BCUT2D eigenvalue weighted by molar-refractivity contribution is -0.114. The van der Waals surface area contributed by atoms with Crippen LogP contribution >= 0.6 is 0 Å². The Morgan fingerprint density at radius 2 is 1.19 bits per heavy atom. The first kappa shape index (κ1) is 26.4. The second-order valence-corrected chi connectivity index (χ2v) is 10.4. The van der Waals surface area contributed by atoms with Crippen LogP contribution in [0.15, 0.2) is 58.3 Å². The van der Waals surface area contributed by atoms with Gasteiger partial charge in [0.05, 0.1) is 23.0 Å². The van der Waals surface area contributed by atoms with Crippen LogP contribution in [0.5, 0.6) is 0 Å². The standard InChI is InChI=1S/C20H26O10S2/c1-13-3-7-15(8-4-13)31(25,26)29-12-18(20(24)19(23)17(22)11-21)30-32(27,28)16-9-5-14(2)6-10-16/h3-10,17-24H,11-12H2,1-2H3/t17-,18-,19-,20+/m1/s1. The van der Waals surface area contributed by atoms with E-state index < -0.39 is 57.9 Å². The summed E-state index contributed by atoms with van der Waals surface area (Å²) >= 11 is 0. The molecule has 0 saturated heterocycles. The summed E-state index contributed by atoms with van der Waals surface area (Å²) in [7, 11) is -8.88. The summed E-state index contributed by atoms with van der Waals surface area (Å²) in [6, 6.07) is 11.1. The van der Waals surface area contributed by atoms with E-state index in [1.165, 1.54) is 48.5 Å². The Labute approximate surface area is 186 Å². The van der Waals surface area contributed by atoms with Gasteiger partial charge >= 0.3 is 0 Å². The van der Waals surface area contributed by atoms with Crippen LogP contribution in [-0.2, 0) is 28.6 Å². The third-order valence-electron chi connectivity index (χ3n) is 4.57. The quantitative estimate of drug-likeness (QED) is 0.311. The monoisotopic (exact) mass is 490 g/mol. The third-order valence-corrected chi connectivity index (χ3v) is 7.22. The molecule has 0 bridgehead atoms. The van der Waals surface area contributed by atoms with E-state index in [1.54, 1.807) is 13.8 Å². The molecule has 0 aliphatic carbocycles. The Kier molecular flexibility index (Phi) is 8.90. The van der Waals surface area contributed by atoms with Crippen molar-refractivity contribution in [3.05, 3.63) is 59.7 Å². The zero-order valence-corrected chi connectivity index (χ0v) is 19.0. The number of hydrogen-bond acceptors (Lipinski definition) is 10. The molecule has 4 atom stereocenters. The maximum absolute atomic E-state index is 12.6. The normalized spacial score (nSPS) is 16.3. The predicted molar refractivity (Wildman–Crippen MR) is 113 cm³/mol. The van der Waals surface area contributed by atoms with Crippen LogP contribution in [0, 0.1) is 13.8 Å². The Balaban J connectivity index is 2.29. The van der Waals surface area contributed by atoms with Crippen molar-refractivity contribution in [2.45, 2.75) is 48.1 Å². The van der Waals surface area contributed by atoms with Crippen molar-refractivity contribution in [1.29, 1.82) is 0 Å². The van der Waals surface area contributed by atoms with Crippen molar-refractivity contribution in [2.24, 2.45) is 0 Å². The number of aliphatic hydroxyl groups excluding tert-OH is 4. The van der Waals surface area contributed by atoms with Crippen molar-refractivity contribution in [2.75, 3.05) is 13.2 Å². The predicted octanol–water partition coefficient (Wildman–Crippen LogP) is -0.142. The van der Waals surface area contributed by atoms with Gasteiger partial charge in [-0.2, -0.15) is 16.8 Å². The highest BCUT2D eigenvalue weighted by atomic mass is 32.2. The minimum atomic E-state index is -4.52. The van der Waals surface area contributed by atoms with E-state index in [1.807, 2.05) is 0 Å². The van der Waals surface area contributed by atoms with Crippen LogP contribution in [0.2, 0.25) is 0 Å². The molecule has 0 amide bonds.